The number of hydrogen-bond acceptors (Lipinski definition) is 4. The maximum absolute atomic E-state index is 12.4. The minimum absolute atomic E-state index is 0.0248. The van der Waals surface area contributed by atoms with E-state index in [0.717, 1.165) is 56.5 Å². The Kier molecular flexibility index (Phi) is 5.68. The summed E-state index contributed by atoms with van der Waals surface area (Å²) >= 11 is 0. The molecule has 1 atom stereocenters. The van der Waals surface area contributed by atoms with Crippen LogP contribution in [0, 0.1) is 5.92 Å². The standard InChI is InChI=1S/C19H26N4O2/c20-18(24)15-8-5-11-23(13-15)17-10-9-16(12-21-17)22-19(25)14-6-3-1-2-4-7-14/h6,9-10,12,15H,1-5,7-8,11,13H2,(H2,20,24)(H,22,25)/t15-/m0/s1. The van der Waals surface area contributed by atoms with Crippen molar-refractivity contribution >= 4 is 23.3 Å². The number of aromatic nitrogens is 1. The molecule has 2 aliphatic rings. The Morgan fingerprint density at radius 1 is 1.20 bits per heavy atom. The molecule has 3 N–H and O–H groups in total. The van der Waals surface area contributed by atoms with E-state index in [1.807, 2.05) is 12.1 Å². The van der Waals surface area contributed by atoms with E-state index in [0.29, 0.717) is 12.2 Å². The zero-order chi connectivity index (χ0) is 17.6. The van der Waals surface area contributed by atoms with Crippen molar-refractivity contribution in [3.63, 3.8) is 0 Å². The molecule has 2 amide bonds. The normalized spacial score (nSPS) is 21.2. The Morgan fingerprint density at radius 2 is 2.08 bits per heavy atom. The smallest absolute Gasteiger partial charge is 0.251 e. The Morgan fingerprint density at radius 3 is 2.84 bits per heavy atom. The summed E-state index contributed by atoms with van der Waals surface area (Å²) in [6, 6.07) is 3.76. The molecule has 6 nitrogen and oxygen atoms in total. The van der Waals surface area contributed by atoms with Crippen LogP contribution in [0.25, 0.3) is 0 Å². The van der Waals surface area contributed by atoms with Gasteiger partial charge in [0, 0.05) is 18.7 Å². The van der Waals surface area contributed by atoms with E-state index in [-0.39, 0.29) is 17.7 Å². The number of anilines is 2. The molecule has 3 rings (SSSR count). The minimum atomic E-state index is -0.245. The Labute approximate surface area is 148 Å². The van der Waals surface area contributed by atoms with Gasteiger partial charge in [-0.15, -0.1) is 0 Å². The van der Waals surface area contributed by atoms with Gasteiger partial charge in [-0.2, -0.15) is 0 Å². The maximum atomic E-state index is 12.4. The third-order valence-electron chi connectivity index (χ3n) is 4.99. The fraction of sp³-hybridized carbons (Fsp3) is 0.526. The van der Waals surface area contributed by atoms with Crippen molar-refractivity contribution in [1.82, 2.24) is 4.98 Å². The number of pyridine rings is 1. The van der Waals surface area contributed by atoms with E-state index in [1.54, 1.807) is 6.20 Å². The minimum Gasteiger partial charge on any atom is -0.369 e. The summed E-state index contributed by atoms with van der Waals surface area (Å²) in [5.41, 5.74) is 7.00. The summed E-state index contributed by atoms with van der Waals surface area (Å²) in [6.07, 6.45) is 10.8. The van der Waals surface area contributed by atoms with Crippen LogP contribution in [0.5, 0.6) is 0 Å². The average Bonchev–Trinajstić information content (AvgIpc) is 2.92. The van der Waals surface area contributed by atoms with Gasteiger partial charge in [0.25, 0.3) is 5.91 Å². The van der Waals surface area contributed by atoms with Crippen LogP contribution in [0.3, 0.4) is 0 Å². The van der Waals surface area contributed by atoms with Crippen molar-refractivity contribution < 1.29 is 9.59 Å². The summed E-state index contributed by atoms with van der Waals surface area (Å²) < 4.78 is 0. The van der Waals surface area contributed by atoms with Crippen LogP contribution in [-0.4, -0.2) is 29.9 Å². The number of piperidine rings is 1. The van der Waals surface area contributed by atoms with Crippen molar-refractivity contribution in [2.24, 2.45) is 11.7 Å². The van der Waals surface area contributed by atoms with Crippen LogP contribution in [0.15, 0.2) is 30.0 Å². The first-order valence-corrected chi connectivity index (χ1v) is 9.14. The predicted octanol–water partition coefficient (Wildman–Crippen LogP) is 2.61. The van der Waals surface area contributed by atoms with Gasteiger partial charge >= 0.3 is 0 Å². The highest BCUT2D eigenvalue weighted by molar-refractivity contribution is 6.03. The summed E-state index contributed by atoms with van der Waals surface area (Å²) in [5, 5.41) is 2.93. The molecule has 0 spiro atoms. The zero-order valence-corrected chi connectivity index (χ0v) is 14.5. The molecule has 1 saturated heterocycles. The molecule has 1 aliphatic carbocycles. The molecule has 0 saturated carbocycles. The topological polar surface area (TPSA) is 88.3 Å². The molecular formula is C19H26N4O2. The third-order valence-corrected chi connectivity index (χ3v) is 4.99. The molecule has 1 fully saturated rings. The summed E-state index contributed by atoms with van der Waals surface area (Å²) in [7, 11) is 0. The second-order valence-corrected chi connectivity index (χ2v) is 6.88. The first-order chi connectivity index (χ1) is 12.1. The molecule has 0 unspecified atom stereocenters. The van der Waals surface area contributed by atoms with Gasteiger partial charge in [0.1, 0.15) is 5.82 Å². The Hall–Kier alpha value is -2.37. The summed E-state index contributed by atoms with van der Waals surface area (Å²) in [4.78, 5) is 30.3. The molecule has 1 aliphatic heterocycles. The number of allylic oxidation sites excluding steroid dienone is 1. The third kappa shape index (κ3) is 4.59. The van der Waals surface area contributed by atoms with Crippen molar-refractivity contribution in [2.75, 3.05) is 23.3 Å². The molecule has 0 aromatic carbocycles. The summed E-state index contributed by atoms with van der Waals surface area (Å²) in [6.45, 7) is 1.48. The number of nitrogens with one attached hydrogen (secondary N) is 1. The second-order valence-electron chi connectivity index (χ2n) is 6.88. The van der Waals surface area contributed by atoms with Gasteiger partial charge in [0.15, 0.2) is 0 Å². The number of hydrogen-bond donors (Lipinski definition) is 2. The van der Waals surface area contributed by atoms with E-state index >= 15 is 0 Å². The molecule has 0 bridgehead atoms. The van der Waals surface area contributed by atoms with Crippen LogP contribution in [0.4, 0.5) is 11.5 Å². The number of amides is 2. The highest BCUT2D eigenvalue weighted by Crippen LogP contribution is 2.23. The lowest BCUT2D eigenvalue weighted by Crippen LogP contribution is -2.41. The first kappa shape index (κ1) is 17.5. The number of primary amides is 1. The molecule has 134 valence electrons. The maximum Gasteiger partial charge on any atom is 0.251 e. The fourth-order valence-electron chi connectivity index (χ4n) is 3.50. The molecule has 1 aromatic rings. The van der Waals surface area contributed by atoms with E-state index in [1.165, 1.54) is 6.42 Å². The van der Waals surface area contributed by atoms with Crippen LogP contribution in [-0.2, 0) is 9.59 Å². The van der Waals surface area contributed by atoms with Gasteiger partial charge in [-0.25, -0.2) is 4.98 Å². The van der Waals surface area contributed by atoms with Gasteiger partial charge in [0.2, 0.25) is 5.91 Å². The molecule has 1 aromatic heterocycles. The molecule has 2 heterocycles. The van der Waals surface area contributed by atoms with Gasteiger partial charge in [-0.3, -0.25) is 9.59 Å². The number of rotatable bonds is 4. The lowest BCUT2D eigenvalue weighted by Gasteiger charge is -2.32. The average molecular weight is 342 g/mol. The van der Waals surface area contributed by atoms with Crippen molar-refractivity contribution in [1.29, 1.82) is 0 Å². The highest BCUT2D eigenvalue weighted by atomic mass is 16.2. The largest absolute Gasteiger partial charge is 0.369 e. The van der Waals surface area contributed by atoms with Crippen molar-refractivity contribution in [3.05, 3.63) is 30.0 Å². The van der Waals surface area contributed by atoms with Crippen LogP contribution < -0.4 is 16.0 Å². The van der Waals surface area contributed by atoms with Crippen molar-refractivity contribution in [2.45, 2.75) is 44.9 Å². The highest BCUT2D eigenvalue weighted by Gasteiger charge is 2.24. The lowest BCUT2D eigenvalue weighted by molar-refractivity contribution is -0.122. The van der Waals surface area contributed by atoms with Gasteiger partial charge in [-0.1, -0.05) is 12.5 Å². The number of nitrogens with zero attached hydrogens (tertiary/aromatic N) is 2. The van der Waals surface area contributed by atoms with Crippen molar-refractivity contribution in [3.8, 4) is 0 Å². The SMILES string of the molecule is NC(=O)[C@H]1CCCN(c2ccc(NC(=O)C3=CCCCCC3)cn2)C1. The predicted molar refractivity (Wildman–Crippen MR) is 98.2 cm³/mol. The zero-order valence-electron chi connectivity index (χ0n) is 14.5. The van der Waals surface area contributed by atoms with E-state index in [2.05, 4.69) is 21.3 Å². The van der Waals surface area contributed by atoms with E-state index in [4.69, 9.17) is 5.73 Å². The lowest BCUT2D eigenvalue weighted by atomic mass is 9.97. The molecule has 6 heteroatoms. The van der Waals surface area contributed by atoms with Gasteiger partial charge < -0.3 is 16.0 Å². The van der Waals surface area contributed by atoms with Gasteiger partial charge in [0.05, 0.1) is 17.8 Å². The fourth-order valence-corrected chi connectivity index (χ4v) is 3.50. The second kappa shape index (κ2) is 8.14. The number of carbonyl (C=O) groups excluding carboxylic acids is 2. The van der Waals surface area contributed by atoms with Crippen LogP contribution in [0.1, 0.15) is 44.9 Å². The quantitative estimate of drug-likeness (QED) is 0.880. The molecule has 0 radical (unpaired) electrons. The van der Waals surface area contributed by atoms with Crippen LogP contribution >= 0.6 is 0 Å². The number of carbonyl (C=O) groups is 2. The van der Waals surface area contributed by atoms with E-state index < -0.39 is 0 Å². The van der Waals surface area contributed by atoms with Gasteiger partial charge in [-0.05, 0) is 50.7 Å². The molecule has 25 heavy (non-hydrogen) atoms. The summed E-state index contributed by atoms with van der Waals surface area (Å²) in [5.74, 6) is 0.434. The monoisotopic (exact) mass is 342 g/mol. The number of nitrogens with two attached hydrogens (primary N) is 1. The molecular weight excluding hydrogens is 316 g/mol. The van der Waals surface area contributed by atoms with Crippen LogP contribution in [0.2, 0.25) is 0 Å². The Balaban J connectivity index is 1.61. The first-order valence-electron chi connectivity index (χ1n) is 9.14. The van der Waals surface area contributed by atoms with E-state index in [9.17, 15) is 9.59 Å². The Bertz CT molecular complexity index is 654.